The molecule has 0 amide bonds. The summed E-state index contributed by atoms with van der Waals surface area (Å²) in [5.41, 5.74) is 1.14. The maximum Gasteiger partial charge on any atom is 0.153 e. The Kier molecular flexibility index (Phi) is 12.1. The normalized spacial score (nSPS) is 10.3. The first-order valence-electron chi connectivity index (χ1n) is 10.1. The van der Waals surface area contributed by atoms with E-state index in [2.05, 4.69) is 19.8 Å². The van der Waals surface area contributed by atoms with Crippen molar-refractivity contribution in [2.45, 2.75) is 78.1 Å². The van der Waals surface area contributed by atoms with Crippen LogP contribution in [0.5, 0.6) is 11.5 Å². The van der Waals surface area contributed by atoms with Gasteiger partial charge in [-0.1, -0.05) is 71.1 Å². The number of hydrogen-bond acceptors (Lipinski definition) is 3. The van der Waals surface area contributed by atoms with Crippen molar-refractivity contribution in [2.75, 3.05) is 13.2 Å². The minimum absolute atomic E-state index is 0.499. The van der Waals surface area contributed by atoms with E-state index in [1.165, 1.54) is 38.5 Å². The Morgan fingerprint density at radius 1 is 0.846 bits per heavy atom. The zero-order valence-corrected chi connectivity index (χ0v) is 16.5. The van der Waals surface area contributed by atoms with Gasteiger partial charge >= 0.3 is 0 Å². The zero-order valence-electron chi connectivity index (χ0n) is 16.5. The molecule has 1 aromatic carbocycles. The number of ether oxygens (including phenoxy) is 2. The smallest absolute Gasteiger partial charge is 0.153 e. The van der Waals surface area contributed by atoms with Crippen molar-refractivity contribution in [3.8, 4) is 23.8 Å². The number of rotatable bonds is 15. The lowest BCUT2D eigenvalue weighted by Gasteiger charge is -2.13. The second kappa shape index (κ2) is 14.2. The summed E-state index contributed by atoms with van der Waals surface area (Å²) < 4.78 is 11.6. The van der Waals surface area contributed by atoms with Crippen LogP contribution in [0.15, 0.2) is 12.1 Å². The van der Waals surface area contributed by atoms with Crippen molar-refractivity contribution in [3.63, 3.8) is 0 Å². The Balaban J connectivity index is 2.57. The number of hydrogen-bond donors (Lipinski definition) is 0. The minimum atomic E-state index is 0.499. The van der Waals surface area contributed by atoms with Gasteiger partial charge in [-0.15, -0.1) is 6.42 Å². The average molecular weight is 359 g/mol. The highest BCUT2D eigenvalue weighted by Crippen LogP contribution is 2.28. The van der Waals surface area contributed by atoms with Crippen LogP contribution < -0.4 is 9.47 Å². The number of unbranched alkanes of at least 4 members (excludes halogenated alkanes) is 8. The standard InChI is InChI=1S/C23H34O3/c1-4-7-9-11-13-15-25-22-18-21(19-24)23(17-20(22)6-3)26-16-14-12-10-8-5-2/h3,17-19H,4-5,7-16H2,1-2H3. The topological polar surface area (TPSA) is 35.5 Å². The molecule has 0 aliphatic carbocycles. The van der Waals surface area contributed by atoms with Gasteiger partial charge in [0.25, 0.3) is 0 Å². The van der Waals surface area contributed by atoms with E-state index in [4.69, 9.17) is 15.9 Å². The lowest BCUT2D eigenvalue weighted by atomic mass is 10.1. The van der Waals surface area contributed by atoms with E-state index in [1.54, 1.807) is 12.1 Å². The Morgan fingerprint density at radius 2 is 1.38 bits per heavy atom. The van der Waals surface area contributed by atoms with Crippen LogP contribution in [-0.2, 0) is 0 Å². The molecule has 3 heteroatoms. The molecular weight excluding hydrogens is 324 g/mol. The highest BCUT2D eigenvalue weighted by atomic mass is 16.5. The number of carbonyl (C=O) groups is 1. The van der Waals surface area contributed by atoms with Gasteiger partial charge in [-0.05, 0) is 18.9 Å². The SMILES string of the molecule is C#Cc1cc(OCCCCCCC)c(C=O)cc1OCCCCCCC. The molecule has 26 heavy (non-hydrogen) atoms. The summed E-state index contributed by atoms with van der Waals surface area (Å²) >= 11 is 0. The molecule has 0 bridgehead atoms. The molecule has 0 saturated heterocycles. The van der Waals surface area contributed by atoms with Crippen molar-refractivity contribution in [1.82, 2.24) is 0 Å². The number of terminal acetylenes is 1. The van der Waals surface area contributed by atoms with Gasteiger partial charge in [0.05, 0.1) is 24.3 Å². The van der Waals surface area contributed by atoms with E-state index in [0.717, 1.165) is 32.0 Å². The van der Waals surface area contributed by atoms with Crippen LogP contribution in [0.3, 0.4) is 0 Å². The first-order valence-corrected chi connectivity index (χ1v) is 10.1. The third kappa shape index (κ3) is 8.43. The van der Waals surface area contributed by atoms with Crippen LogP contribution in [0.1, 0.15) is 94.0 Å². The van der Waals surface area contributed by atoms with E-state index in [0.29, 0.717) is 35.8 Å². The number of aldehydes is 1. The third-order valence-corrected chi connectivity index (χ3v) is 4.41. The van der Waals surface area contributed by atoms with E-state index in [9.17, 15) is 4.79 Å². The fourth-order valence-corrected chi connectivity index (χ4v) is 2.80. The van der Waals surface area contributed by atoms with Gasteiger partial charge in [-0.3, -0.25) is 4.79 Å². The quantitative estimate of drug-likeness (QED) is 0.213. The Labute approximate surface area is 159 Å². The molecule has 3 nitrogen and oxygen atoms in total. The largest absolute Gasteiger partial charge is 0.493 e. The fourth-order valence-electron chi connectivity index (χ4n) is 2.80. The van der Waals surface area contributed by atoms with Crippen molar-refractivity contribution < 1.29 is 14.3 Å². The highest BCUT2D eigenvalue weighted by molar-refractivity contribution is 5.81. The second-order valence-electron chi connectivity index (χ2n) is 6.67. The molecule has 0 N–H and O–H groups in total. The third-order valence-electron chi connectivity index (χ3n) is 4.41. The molecule has 0 aromatic heterocycles. The summed E-state index contributed by atoms with van der Waals surface area (Å²) in [6, 6.07) is 3.46. The molecule has 0 atom stereocenters. The predicted octanol–water partition coefficient (Wildman–Crippen LogP) is 6.18. The number of carbonyl (C=O) groups excluding carboxylic acids is 1. The maximum atomic E-state index is 11.4. The molecule has 0 unspecified atom stereocenters. The zero-order chi connectivity index (χ0) is 19.0. The van der Waals surface area contributed by atoms with Crippen LogP contribution >= 0.6 is 0 Å². The summed E-state index contributed by atoms with van der Waals surface area (Å²) in [5, 5.41) is 0. The molecule has 144 valence electrons. The highest BCUT2D eigenvalue weighted by Gasteiger charge is 2.11. The molecule has 0 saturated carbocycles. The summed E-state index contributed by atoms with van der Waals surface area (Å²) in [7, 11) is 0. The average Bonchev–Trinajstić information content (AvgIpc) is 2.67. The van der Waals surface area contributed by atoms with E-state index < -0.39 is 0 Å². The molecule has 0 radical (unpaired) electrons. The Bertz CT molecular complexity index is 557. The van der Waals surface area contributed by atoms with Crippen LogP contribution in [-0.4, -0.2) is 19.5 Å². The van der Waals surface area contributed by atoms with Crippen molar-refractivity contribution in [3.05, 3.63) is 23.3 Å². The molecule has 0 aliphatic rings. The van der Waals surface area contributed by atoms with Gasteiger partial charge in [0.15, 0.2) is 6.29 Å². The summed E-state index contributed by atoms with van der Waals surface area (Å²) in [4.78, 5) is 11.4. The van der Waals surface area contributed by atoms with E-state index in [1.807, 2.05) is 0 Å². The van der Waals surface area contributed by atoms with Crippen molar-refractivity contribution in [1.29, 1.82) is 0 Å². The molecule has 0 aliphatic heterocycles. The van der Waals surface area contributed by atoms with Crippen LogP contribution in [0, 0.1) is 12.3 Å². The van der Waals surface area contributed by atoms with Crippen molar-refractivity contribution in [2.24, 2.45) is 0 Å². The van der Waals surface area contributed by atoms with E-state index in [-0.39, 0.29) is 0 Å². The summed E-state index contributed by atoms with van der Waals surface area (Å²) in [5.74, 6) is 3.80. The minimum Gasteiger partial charge on any atom is -0.493 e. The lowest BCUT2D eigenvalue weighted by molar-refractivity contribution is 0.111. The van der Waals surface area contributed by atoms with Crippen LogP contribution in [0.2, 0.25) is 0 Å². The van der Waals surface area contributed by atoms with Crippen LogP contribution in [0.4, 0.5) is 0 Å². The molecular formula is C23H34O3. The van der Waals surface area contributed by atoms with Crippen molar-refractivity contribution >= 4 is 6.29 Å². The van der Waals surface area contributed by atoms with Crippen LogP contribution in [0.25, 0.3) is 0 Å². The first kappa shape index (κ1) is 22.1. The van der Waals surface area contributed by atoms with Gasteiger partial charge < -0.3 is 9.47 Å². The molecule has 0 spiro atoms. The number of benzene rings is 1. The van der Waals surface area contributed by atoms with Gasteiger partial charge in [-0.25, -0.2) is 0 Å². The monoisotopic (exact) mass is 358 g/mol. The van der Waals surface area contributed by atoms with Gasteiger partial charge in [0.1, 0.15) is 11.5 Å². The Hall–Kier alpha value is -1.95. The summed E-state index contributed by atoms with van der Waals surface area (Å²) in [6.07, 6.45) is 18.1. The molecule has 0 heterocycles. The second-order valence-corrected chi connectivity index (χ2v) is 6.67. The fraction of sp³-hybridized carbons (Fsp3) is 0.609. The first-order chi connectivity index (χ1) is 12.8. The molecule has 1 aromatic rings. The predicted molar refractivity (Wildman–Crippen MR) is 108 cm³/mol. The van der Waals surface area contributed by atoms with Gasteiger partial charge in [-0.2, -0.15) is 0 Å². The van der Waals surface area contributed by atoms with Gasteiger partial charge in [0, 0.05) is 6.07 Å². The lowest BCUT2D eigenvalue weighted by Crippen LogP contribution is -2.04. The molecule has 0 fully saturated rings. The van der Waals surface area contributed by atoms with E-state index >= 15 is 0 Å². The summed E-state index contributed by atoms with van der Waals surface area (Å²) in [6.45, 7) is 5.62. The van der Waals surface area contributed by atoms with Gasteiger partial charge in [0.2, 0.25) is 0 Å². The molecule has 1 rings (SSSR count). The Morgan fingerprint density at radius 3 is 1.88 bits per heavy atom. The maximum absolute atomic E-state index is 11.4.